The van der Waals surface area contributed by atoms with E-state index in [1.54, 1.807) is 0 Å². The molecule has 0 bridgehead atoms. The maximum absolute atomic E-state index is 2.45. The van der Waals surface area contributed by atoms with Gasteiger partial charge in [-0.1, -0.05) is 65.2 Å². The van der Waals surface area contributed by atoms with Gasteiger partial charge in [0, 0.05) is 0 Å². The fourth-order valence-electron chi connectivity index (χ4n) is 1.59. The first-order chi connectivity index (χ1) is 6.41. The Morgan fingerprint density at radius 2 is 1.21 bits per heavy atom. The molecule has 0 aromatic heterocycles. The van der Waals surface area contributed by atoms with Gasteiger partial charge >= 0.3 is 51.4 Å². The fraction of sp³-hybridized carbons (Fsp3) is 0.923. The van der Waals surface area contributed by atoms with Gasteiger partial charge < -0.3 is 6.42 Å². The van der Waals surface area contributed by atoms with Crippen LogP contribution in [0.2, 0.25) is 0 Å². The van der Waals surface area contributed by atoms with Gasteiger partial charge in [-0.25, -0.2) is 0 Å². The van der Waals surface area contributed by atoms with E-state index >= 15 is 0 Å². The first-order valence-corrected chi connectivity index (χ1v) is 6.23. The maximum Gasteiger partial charge on any atom is 1.00 e. The van der Waals surface area contributed by atoms with Crippen molar-refractivity contribution in [3.05, 3.63) is 6.42 Å². The molecule has 0 nitrogen and oxygen atoms in total. The van der Waals surface area contributed by atoms with Crippen molar-refractivity contribution in [1.29, 1.82) is 0 Å². The quantitative estimate of drug-likeness (QED) is 0.302. The van der Waals surface area contributed by atoms with Gasteiger partial charge in [0.15, 0.2) is 0 Å². The topological polar surface area (TPSA) is 0 Å². The predicted molar refractivity (Wildman–Crippen MR) is 61.8 cm³/mol. The van der Waals surface area contributed by atoms with E-state index in [-0.39, 0.29) is 51.4 Å². The minimum atomic E-state index is 0. The Balaban J connectivity index is 0. The Kier molecular flexibility index (Phi) is 21.9. The van der Waals surface area contributed by atoms with E-state index in [2.05, 4.69) is 20.3 Å². The number of hydrogen-bond donors (Lipinski definition) is 0. The molecule has 0 saturated heterocycles. The van der Waals surface area contributed by atoms with Crippen molar-refractivity contribution in [1.82, 2.24) is 0 Å². The van der Waals surface area contributed by atoms with Gasteiger partial charge in [0.2, 0.25) is 0 Å². The second-order valence-electron chi connectivity index (χ2n) is 3.99. The van der Waals surface area contributed by atoms with Crippen molar-refractivity contribution >= 4 is 0 Å². The molecular formula is C13H27K. The smallest absolute Gasteiger partial charge is 0.328 e. The van der Waals surface area contributed by atoms with Crippen molar-refractivity contribution in [2.45, 2.75) is 78.1 Å². The van der Waals surface area contributed by atoms with Gasteiger partial charge in [0.05, 0.1) is 0 Å². The minimum Gasteiger partial charge on any atom is -0.328 e. The molecule has 0 spiro atoms. The Labute approximate surface area is 134 Å². The zero-order valence-electron chi connectivity index (χ0n) is 10.6. The van der Waals surface area contributed by atoms with E-state index in [4.69, 9.17) is 0 Å². The van der Waals surface area contributed by atoms with E-state index in [1.807, 2.05) is 0 Å². The molecule has 0 aromatic carbocycles. The Morgan fingerprint density at radius 1 is 0.643 bits per heavy atom. The van der Waals surface area contributed by atoms with Crippen LogP contribution in [0, 0.1) is 6.42 Å². The zero-order chi connectivity index (χ0) is 9.78. The Hall–Kier alpha value is 1.64. The van der Waals surface area contributed by atoms with Gasteiger partial charge in [-0.15, -0.1) is 0 Å². The summed E-state index contributed by atoms with van der Waals surface area (Å²) >= 11 is 0. The molecule has 0 radical (unpaired) electrons. The molecule has 0 fully saturated rings. The molecule has 0 aliphatic rings. The van der Waals surface area contributed by atoms with Crippen LogP contribution < -0.4 is 51.4 Å². The summed E-state index contributed by atoms with van der Waals surface area (Å²) in [5, 5.41) is 0. The summed E-state index contributed by atoms with van der Waals surface area (Å²) in [4.78, 5) is 0. The van der Waals surface area contributed by atoms with Crippen LogP contribution in [-0.2, 0) is 0 Å². The van der Waals surface area contributed by atoms with E-state index in [0.29, 0.717) is 0 Å². The van der Waals surface area contributed by atoms with Crippen molar-refractivity contribution in [3.63, 3.8) is 0 Å². The molecule has 0 heterocycles. The predicted octanol–water partition coefficient (Wildman–Crippen LogP) is 2.14. The standard InChI is InChI=1S/C13H27.K/c1-3-5-7-9-11-13-12-10-8-6-4-2;/h7H,3-6,8-13H2,1-2H3;/q-1;+1. The summed E-state index contributed by atoms with van der Waals surface area (Å²) in [5.41, 5.74) is 0. The normalized spacial score (nSPS) is 9.86. The van der Waals surface area contributed by atoms with E-state index in [1.165, 1.54) is 64.2 Å². The molecule has 14 heavy (non-hydrogen) atoms. The van der Waals surface area contributed by atoms with Crippen LogP contribution in [0.5, 0.6) is 0 Å². The molecule has 0 rings (SSSR count). The summed E-state index contributed by atoms with van der Waals surface area (Å²) in [6.07, 6.45) is 16.5. The van der Waals surface area contributed by atoms with Crippen LogP contribution in [0.15, 0.2) is 0 Å². The van der Waals surface area contributed by atoms with Gasteiger partial charge in [-0.05, 0) is 0 Å². The van der Waals surface area contributed by atoms with Crippen LogP contribution >= 0.6 is 0 Å². The first-order valence-electron chi connectivity index (χ1n) is 6.23. The first kappa shape index (κ1) is 18.0. The summed E-state index contributed by atoms with van der Waals surface area (Å²) in [6.45, 7) is 4.53. The van der Waals surface area contributed by atoms with Crippen molar-refractivity contribution < 1.29 is 51.4 Å². The molecule has 0 aliphatic carbocycles. The second kappa shape index (κ2) is 17.0. The van der Waals surface area contributed by atoms with Crippen molar-refractivity contribution in [2.75, 3.05) is 0 Å². The number of rotatable bonds is 10. The fourth-order valence-corrected chi connectivity index (χ4v) is 1.59. The van der Waals surface area contributed by atoms with Gasteiger partial charge in [-0.3, -0.25) is 0 Å². The summed E-state index contributed by atoms with van der Waals surface area (Å²) in [5.74, 6) is 0. The summed E-state index contributed by atoms with van der Waals surface area (Å²) in [6, 6.07) is 0. The average molecular weight is 222 g/mol. The molecule has 0 N–H and O–H groups in total. The average Bonchev–Trinajstić information content (AvgIpc) is 2.16. The molecule has 1 heteroatoms. The number of hydrogen-bond acceptors (Lipinski definition) is 0. The molecule has 0 aliphatic heterocycles. The summed E-state index contributed by atoms with van der Waals surface area (Å²) in [7, 11) is 0. The van der Waals surface area contributed by atoms with Crippen LogP contribution in [0.1, 0.15) is 78.1 Å². The van der Waals surface area contributed by atoms with Crippen LogP contribution in [-0.4, -0.2) is 0 Å². The molecule has 0 amide bonds. The van der Waals surface area contributed by atoms with Crippen LogP contribution in [0.25, 0.3) is 0 Å². The monoisotopic (exact) mass is 222 g/mol. The molecule has 0 aromatic rings. The molecule has 0 atom stereocenters. The van der Waals surface area contributed by atoms with Gasteiger partial charge in [0.25, 0.3) is 0 Å². The third-order valence-electron chi connectivity index (χ3n) is 2.50. The molecule has 0 unspecified atom stereocenters. The third-order valence-corrected chi connectivity index (χ3v) is 2.50. The third kappa shape index (κ3) is 16.1. The Bertz CT molecular complexity index is 71.3. The van der Waals surface area contributed by atoms with Gasteiger partial charge in [-0.2, -0.15) is 12.8 Å². The van der Waals surface area contributed by atoms with Crippen molar-refractivity contribution in [3.8, 4) is 0 Å². The van der Waals surface area contributed by atoms with E-state index in [9.17, 15) is 0 Å². The minimum absolute atomic E-state index is 0. The SMILES string of the molecule is CCC[CH-]CCCCCCCCC.[K+]. The van der Waals surface area contributed by atoms with Crippen LogP contribution in [0.4, 0.5) is 0 Å². The summed E-state index contributed by atoms with van der Waals surface area (Å²) < 4.78 is 0. The molecule has 0 saturated carbocycles. The number of unbranched alkanes of at least 4 members (excludes halogenated alkanes) is 10. The van der Waals surface area contributed by atoms with E-state index < -0.39 is 0 Å². The zero-order valence-corrected chi connectivity index (χ0v) is 13.8. The maximum atomic E-state index is 2.45. The Morgan fingerprint density at radius 3 is 1.79 bits per heavy atom. The van der Waals surface area contributed by atoms with Crippen LogP contribution in [0.3, 0.4) is 0 Å². The van der Waals surface area contributed by atoms with E-state index in [0.717, 1.165) is 0 Å². The largest absolute Gasteiger partial charge is 1.00 e. The van der Waals surface area contributed by atoms with Gasteiger partial charge in [0.1, 0.15) is 0 Å². The van der Waals surface area contributed by atoms with Crippen molar-refractivity contribution in [2.24, 2.45) is 0 Å². The molecular weight excluding hydrogens is 195 g/mol. The second-order valence-corrected chi connectivity index (χ2v) is 3.99. The molecule has 80 valence electrons.